The Morgan fingerprint density at radius 1 is 1.25 bits per heavy atom. The minimum Gasteiger partial charge on any atom is -0.478 e. The van der Waals surface area contributed by atoms with Crippen LogP contribution in [-0.4, -0.2) is 28.2 Å². The smallest absolute Gasteiger partial charge is 0.478 e. The van der Waals surface area contributed by atoms with Gasteiger partial charge in [-0.05, 0) is 23.7 Å². The summed E-state index contributed by atoms with van der Waals surface area (Å²) in [5, 5.41) is 26.1. The molecule has 0 aliphatic carbocycles. The van der Waals surface area contributed by atoms with Crippen LogP contribution in [0.1, 0.15) is 15.9 Å². The summed E-state index contributed by atoms with van der Waals surface area (Å²) in [6, 6.07) is 1.64. The molecule has 3 N–H and O–H groups in total. The quantitative estimate of drug-likeness (QED) is 0.633. The molecule has 0 saturated carbocycles. The number of hydrogen-bond acceptors (Lipinski definition) is 3. The summed E-state index contributed by atoms with van der Waals surface area (Å²) in [6.45, 7) is 0. The van der Waals surface area contributed by atoms with Crippen molar-refractivity contribution in [1.29, 1.82) is 0 Å². The third-order valence-corrected chi connectivity index (χ3v) is 1.89. The molecule has 0 fully saturated rings. The van der Waals surface area contributed by atoms with Gasteiger partial charge in [-0.1, -0.05) is 0 Å². The lowest BCUT2D eigenvalue weighted by Crippen LogP contribution is -2.35. The third kappa shape index (κ3) is 2.53. The predicted octanol–water partition coefficient (Wildman–Crippen LogP) is 0.0834. The summed E-state index contributed by atoms with van der Waals surface area (Å²) in [4.78, 5) is 10.6. The molecule has 8 heteroatoms. The topological polar surface area (TPSA) is 77.8 Å². The van der Waals surface area contributed by atoms with Crippen molar-refractivity contribution in [2.45, 2.75) is 6.18 Å². The fraction of sp³-hybridized carbons (Fsp3) is 0.125. The molecule has 0 unspecified atom stereocenters. The Bertz CT molecular complexity index is 416. The predicted molar refractivity (Wildman–Crippen MR) is 48.2 cm³/mol. The van der Waals surface area contributed by atoms with Gasteiger partial charge in [-0.15, -0.1) is 0 Å². The van der Waals surface area contributed by atoms with Crippen molar-refractivity contribution in [3.05, 3.63) is 29.3 Å². The monoisotopic (exact) mass is 234 g/mol. The van der Waals surface area contributed by atoms with E-state index in [1.165, 1.54) is 0 Å². The zero-order chi connectivity index (χ0) is 12.5. The van der Waals surface area contributed by atoms with E-state index in [4.69, 9.17) is 15.2 Å². The van der Waals surface area contributed by atoms with E-state index in [2.05, 4.69) is 0 Å². The van der Waals surface area contributed by atoms with Gasteiger partial charge in [0.15, 0.2) is 0 Å². The lowest BCUT2D eigenvalue weighted by molar-refractivity contribution is -0.137. The molecule has 0 bridgehead atoms. The van der Waals surface area contributed by atoms with Crippen LogP contribution >= 0.6 is 0 Å². The number of carboxylic acid groups (broad SMARTS) is 1. The van der Waals surface area contributed by atoms with Crippen LogP contribution in [0.3, 0.4) is 0 Å². The van der Waals surface area contributed by atoms with Gasteiger partial charge in [0.25, 0.3) is 0 Å². The van der Waals surface area contributed by atoms with Gasteiger partial charge in [0.1, 0.15) is 0 Å². The average molecular weight is 234 g/mol. The number of carbonyl (C=O) groups is 1. The standard InChI is InChI=1S/C8H6BF3O4/c10-8(11,12)4-1-2-5(7(13)14)6(3-4)9(15)16/h1-3,15-16H,(H,13,14). The highest BCUT2D eigenvalue weighted by Crippen LogP contribution is 2.28. The van der Waals surface area contributed by atoms with Crippen LogP contribution in [0, 0.1) is 0 Å². The Kier molecular flexibility index (Phi) is 3.25. The molecule has 1 aromatic carbocycles. The molecule has 1 aromatic rings. The molecule has 0 amide bonds. The molecule has 16 heavy (non-hydrogen) atoms. The van der Waals surface area contributed by atoms with E-state index in [1.54, 1.807) is 0 Å². The zero-order valence-corrected chi connectivity index (χ0v) is 7.69. The molecule has 0 aliphatic heterocycles. The van der Waals surface area contributed by atoms with Crippen LogP contribution in [0.25, 0.3) is 0 Å². The Morgan fingerprint density at radius 2 is 1.81 bits per heavy atom. The zero-order valence-electron chi connectivity index (χ0n) is 7.69. The van der Waals surface area contributed by atoms with Gasteiger partial charge >= 0.3 is 19.3 Å². The minimum absolute atomic E-state index is 0.397. The number of carboxylic acids is 1. The Morgan fingerprint density at radius 3 is 2.19 bits per heavy atom. The van der Waals surface area contributed by atoms with E-state index in [1.807, 2.05) is 0 Å². The number of aromatic carboxylic acids is 1. The number of benzene rings is 1. The highest BCUT2D eigenvalue weighted by atomic mass is 19.4. The molecular weight excluding hydrogens is 228 g/mol. The first-order chi connectivity index (χ1) is 7.23. The number of halogens is 3. The van der Waals surface area contributed by atoms with E-state index in [0.717, 1.165) is 0 Å². The van der Waals surface area contributed by atoms with Gasteiger partial charge in [0.05, 0.1) is 11.1 Å². The van der Waals surface area contributed by atoms with E-state index in [-0.39, 0.29) is 0 Å². The minimum atomic E-state index is -4.67. The van der Waals surface area contributed by atoms with Crippen molar-refractivity contribution in [2.75, 3.05) is 0 Å². The van der Waals surface area contributed by atoms with E-state index in [0.29, 0.717) is 18.2 Å². The van der Waals surface area contributed by atoms with Crippen LogP contribution in [0.4, 0.5) is 13.2 Å². The molecule has 0 heterocycles. The summed E-state index contributed by atoms with van der Waals surface area (Å²) < 4.78 is 36.8. The normalized spacial score (nSPS) is 11.3. The van der Waals surface area contributed by atoms with Crippen LogP contribution in [0.2, 0.25) is 0 Å². The van der Waals surface area contributed by atoms with Crippen LogP contribution in [-0.2, 0) is 6.18 Å². The SMILES string of the molecule is O=C(O)c1ccc(C(F)(F)F)cc1B(O)O. The fourth-order valence-corrected chi connectivity index (χ4v) is 1.15. The molecule has 0 aliphatic rings. The second-order valence-electron chi connectivity index (χ2n) is 2.98. The maximum absolute atomic E-state index is 12.3. The Balaban J connectivity index is 3.34. The van der Waals surface area contributed by atoms with Gasteiger partial charge < -0.3 is 15.2 Å². The molecule has 4 nitrogen and oxygen atoms in total. The first kappa shape index (κ1) is 12.5. The summed E-state index contributed by atoms with van der Waals surface area (Å²) >= 11 is 0. The maximum atomic E-state index is 12.3. The van der Waals surface area contributed by atoms with Gasteiger partial charge in [0.2, 0.25) is 0 Å². The van der Waals surface area contributed by atoms with Crippen LogP contribution in [0.15, 0.2) is 18.2 Å². The largest absolute Gasteiger partial charge is 0.489 e. The van der Waals surface area contributed by atoms with Gasteiger partial charge in [-0.3, -0.25) is 0 Å². The molecule has 0 aromatic heterocycles. The number of hydrogen-bond donors (Lipinski definition) is 3. The van der Waals surface area contributed by atoms with E-state index in [9.17, 15) is 18.0 Å². The molecule has 0 saturated heterocycles. The van der Waals surface area contributed by atoms with Gasteiger partial charge in [0, 0.05) is 0 Å². The molecule has 0 spiro atoms. The van der Waals surface area contributed by atoms with Crippen molar-refractivity contribution in [3.63, 3.8) is 0 Å². The van der Waals surface area contributed by atoms with Crippen molar-refractivity contribution in [2.24, 2.45) is 0 Å². The third-order valence-electron chi connectivity index (χ3n) is 1.89. The Labute approximate surface area is 88.1 Å². The lowest BCUT2D eigenvalue weighted by Gasteiger charge is -2.10. The van der Waals surface area contributed by atoms with Gasteiger partial charge in [-0.2, -0.15) is 13.2 Å². The molecule has 0 atom stereocenters. The summed E-state index contributed by atoms with van der Waals surface area (Å²) in [6.07, 6.45) is -4.67. The van der Waals surface area contributed by atoms with Crippen molar-refractivity contribution in [1.82, 2.24) is 0 Å². The highest BCUT2D eigenvalue weighted by Gasteiger charge is 2.33. The van der Waals surface area contributed by atoms with E-state index < -0.39 is 35.9 Å². The summed E-state index contributed by atoms with van der Waals surface area (Å²) in [7, 11) is -2.27. The van der Waals surface area contributed by atoms with Crippen LogP contribution in [0.5, 0.6) is 0 Å². The van der Waals surface area contributed by atoms with Crippen molar-refractivity contribution in [3.8, 4) is 0 Å². The number of rotatable bonds is 2. The highest BCUT2D eigenvalue weighted by molar-refractivity contribution is 6.60. The summed E-state index contributed by atoms with van der Waals surface area (Å²) in [5.41, 5.74) is -2.41. The first-order valence-corrected chi connectivity index (χ1v) is 4.04. The summed E-state index contributed by atoms with van der Waals surface area (Å²) in [5.74, 6) is -1.53. The van der Waals surface area contributed by atoms with Crippen molar-refractivity contribution >= 4 is 18.6 Å². The molecule has 1 rings (SSSR count). The maximum Gasteiger partial charge on any atom is 0.489 e. The van der Waals surface area contributed by atoms with Crippen molar-refractivity contribution < 1.29 is 33.1 Å². The fourth-order valence-electron chi connectivity index (χ4n) is 1.15. The van der Waals surface area contributed by atoms with Gasteiger partial charge in [-0.25, -0.2) is 4.79 Å². The molecule has 0 radical (unpaired) electrons. The lowest BCUT2D eigenvalue weighted by atomic mass is 9.76. The molecular formula is C8H6BF3O4. The molecule has 86 valence electrons. The van der Waals surface area contributed by atoms with Crippen LogP contribution < -0.4 is 5.46 Å². The number of alkyl halides is 3. The van der Waals surface area contributed by atoms with E-state index >= 15 is 0 Å². The second kappa shape index (κ2) is 4.15. The Hall–Kier alpha value is -1.54. The average Bonchev–Trinajstić information content (AvgIpc) is 2.15. The first-order valence-electron chi connectivity index (χ1n) is 4.04. The second-order valence-corrected chi connectivity index (χ2v) is 2.98.